The maximum Gasteiger partial charge on any atom is 0.471 e. The third-order valence-corrected chi connectivity index (χ3v) is 8.03. The molecule has 2 saturated heterocycles. The number of carbonyl (C=O) groups excluding carboxylic acids is 2. The van der Waals surface area contributed by atoms with Gasteiger partial charge < -0.3 is 29.4 Å². The smallest absolute Gasteiger partial charge is 0.392 e. The fraction of sp³-hybridized carbons (Fsp3) is 0.393. The van der Waals surface area contributed by atoms with Gasteiger partial charge in [0.05, 0.1) is 31.7 Å². The summed E-state index contributed by atoms with van der Waals surface area (Å²) in [5.74, 6) is -2.71. The number of nitrogens with zero attached hydrogens (tertiary/aromatic N) is 3. The Kier molecular flexibility index (Phi) is 9.09. The van der Waals surface area contributed by atoms with Gasteiger partial charge in [-0.25, -0.2) is 4.98 Å². The van der Waals surface area contributed by atoms with Gasteiger partial charge in [0.2, 0.25) is 5.91 Å². The van der Waals surface area contributed by atoms with E-state index in [-0.39, 0.29) is 42.1 Å². The Hall–Kier alpha value is -3.16. The molecule has 2 aliphatic heterocycles. The summed E-state index contributed by atoms with van der Waals surface area (Å²) in [6.07, 6.45) is -4.11. The number of likely N-dealkylation sites (tertiary alicyclic amines) is 1. The monoisotopic (exact) mass is 626 g/mol. The minimum atomic E-state index is -5.05. The van der Waals surface area contributed by atoms with Crippen molar-refractivity contribution in [1.82, 2.24) is 14.5 Å². The van der Waals surface area contributed by atoms with Crippen LogP contribution < -0.4 is 5.32 Å². The second-order valence-corrected chi connectivity index (χ2v) is 10.8. The molecule has 2 amide bonds. The van der Waals surface area contributed by atoms with Crippen molar-refractivity contribution in [2.45, 2.75) is 63.1 Å². The lowest BCUT2D eigenvalue weighted by Crippen LogP contribution is -2.48. The molecule has 4 atom stereocenters. The molecule has 224 valence electrons. The van der Waals surface area contributed by atoms with Gasteiger partial charge in [-0.3, -0.25) is 9.59 Å². The van der Waals surface area contributed by atoms with Crippen molar-refractivity contribution >= 4 is 40.7 Å². The molecule has 1 aromatic heterocycles. The molecule has 0 spiro atoms. The predicted octanol–water partition coefficient (Wildman–Crippen LogP) is 5.42. The molecule has 0 aliphatic carbocycles. The van der Waals surface area contributed by atoms with Crippen LogP contribution in [0.15, 0.2) is 54.9 Å². The number of aliphatic hydroxyl groups is 1. The van der Waals surface area contributed by atoms with E-state index in [0.29, 0.717) is 35.5 Å². The fourth-order valence-corrected chi connectivity index (χ4v) is 5.43. The van der Waals surface area contributed by atoms with E-state index in [1.54, 1.807) is 28.8 Å². The summed E-state index contributed by atoms with van der Waals surface area (Å²) in [5.41, 5.74) is 2.64. The summed E-state index contributed by atoms with van der Waals surface area (Å²) in [6.45, 7) is 0.139. The van der Waals surface area contributed by atoms with Crippen LogP contribution in [0.25, 0.3) is 0 Å². The fourth-order valence-electron chi connectivity index (χ4n) is 5.12. The lowest BCUT2D eigenvalue weighted by atomic mass is 10.00. The van der Waals surface area contributed by atoms with E-state index >= 15 is 0 Å². The zero-order valence-electron chi connectivity index (χ0n) is 22.1. The average Bonchev–Trinajstić information content (AvgIpc) is 3.59. The number of benzene rings is 2. The molecule has 3 heterocycles. The Labute approximate surface area is 249 Å². The van der Waals surface area contributed by atoms with Crippen molar-refractivity contribution in [3.63, 3.8) is 0 Å². The summed E-state index contributed by atoms with van der Waals surface area (Å²) in [6, 6.07) is 12.7. The van der Waals surface area contributed by atoms with Crippen LogP contribution in [-0.4, -0.2) is 56.2 Å². The highest BCUT2D eigenvalue weighted by Gasteiger charge is 2.47. The Balaban J connectivity index is 1.31. The number of imidazole rings is 1. The van der Waals surface area contributed by atoms with Crippen LogP contribution in [0, 0.1) is 0 Å². The molecule has 2 N–H and O–H groups in total. The number of aliphatic hydroxyl groups excluding tert-OH is 1. The first-order chi connectivity index (χ1) is 20.0. The van der Waals surface area contributed by atoms with Crippen LogP contribution in [0.3, 0.4) is 0 Å². The van der Waals surface area contributed by atoms with Gasteiger partial charge in [-0.2, -0.15) is 13.2 Å². The van der Waals surface area contributed by atoms with Crippen molar-refractivity contribution in [3.8, 4) is 0 Å². The van der Waals surface area contributed by atoms with E-state index < -0.39 is 30.3 Å². The standard InChI is InChI=1S/C28H27Cl2F3N4O5/c29-23-24(30)36(15-34-23)13-20-12-22(17-5-3-16(14-38)4-6-17)42-26(41-20)18-7-9-19(10-8-18)35-25(39)21-2-1-11-37(21)27(40)28(31,32)33/h3-10,15,20-22,26,38H,1-2,11-14H2,(H,35,39)/t20-,21+,22+,26+/m1/s1. The zero-order chi connectivity index (χ0) is 30.0. The summed E-state index contributed by atoms with van der Waals surface area (Å²) >= 11 is 12.3. The lowest BCUT2D eigenvalue weighted by molar-refractivity contribution is -0.252. The van der Waals surface area contributed by atoms with Gasteiger partial charge in [0, 0.05) is 24.2 Å². The quantitative estimate of drug-likeness (QED) is 0.363. The van der Waals surface area contributed by atoms with Gasteiger partial charge in [0.1, 0.15) is 11.2 Å². The topological polar surface area (TPSA) is 106 Å². The van der Waals surface area contributed by atoms with Crippen molar-refractivity contribution in [2.75, 3.05) is 11.9 Å². The normalized spacial score (nSPS) is 22.8. The number of rotatable bonds is 7. The molecular weight excluding hydrogens is 600 g/mol. The Morgan fingerprint density at radius 2 is 1.74 bits per heavy atom. The second kappa shape index (κ2) is 12.6. The highest BCUT2D eigenvalue weighted by molar-refractivity contribution is 6.40. The van der Waals surface area contributed by atoms with Gasteiger partial charge in [0.25, 0.3) is 0 Å². The molecule has 14 heteroatoms. The van der Waals surface area contributed by atoms with Gasteiger partial charge in [-0.05, 0) is 36.1 Å². The molecular formula is C28H27Cl2F3N4O5. The van der Waals surface area contributed by atoms with Crippen molar-refractivity contribution in [2.24, 2.45) is 0 Å². The number of aromatic nitrogens is 2. The number of halogens is 5. The van der Waals surface area contributed by atoms with Gasteiger partial charge in [-0.1, -0.05) is 59.6 Å². The third kappa shape index (κ3) is 6.73. The van der Waals surface area contributed by atoms with E-state index in [1.807, 2.05) is 24.3 Å². The lowest BCUT2D eigenvalue weighted by Gasteiger charge is -2.36. The van der Waals surface area contributed by atoms with Crippen LogP contribution in [0.4, 0.5) is 18.9 Å². The molecule has 0 unspecified atom stereocenters. The first-order valence-electron chi connectivity index (χ1n) is 13.2. The molecule has 5 rings (SSSR count). The average molecular weight is 627 g/mol. The summed E-state index contributed by atoms with van der Waals surface area (Å²) in [5, 5.41) is 12.5. The molecule has 42 heavy (non-hydrogen) atoms. The second-order valence-electron chi connectivity index (χ2n) is 10.1. The highest BCUT2D eigenvalue weighted by atomic mass is 35.5. The van der Waals surface area contributed by atoms with E-state index in [0.717, 1.165) is 11.1 Å². The molecule has 2 fully saturated rings. The summed E-state index contributed by atoms with van der Waals surface area (Å²) < 4.78 is 53.1. The molecule has 9 nitrogen and oxygen atoms in total. The van der Waals surface area contributed by atoms with Gasteiger partial charge >= 0.3 is 12.1 Å². The van der Waals surface area contributed by atoms with E-state index in [4.69, 9.17) is 32.7 Å². The Bertz CT molecular complexity index is 1420. The van der Waals surface area contributed by atoms with E-state index in [1.165, 1.54) is 6.33 Å². The zero-order valence-corrected chi connectivity index (χ0v) is 23.6. The number of anilines is 1. The van der Waals surface area contributed by atoms with Gasteiger partial charge in [0.15, 0.2) is 11.4 Å². The minimum Gasteiger partial charge on any atom is -0.392 e. The van der Waals surface area contributed by atoms with Crippen LogP contribution in [0.1, 0.15) is 48.3 Å². The highest BCUT2D eigenvalue weighted by Crippen LogP contribution is 2.39. The molecule has 3 aromatic rings. The van der Waals surface area contributed by atoms with Crippen LogP contribution in [0.2, 0.25) is 10.3 Å². The summed E-state index contributed by atoms with van der Waals surface area (Å²) in [4.78, 5) is 29.1. The number of ether oxygens (including phenoxy) is 2. The number of hydrogen-bond donors (Lipinski definition) is 2. The Morgan fingerprint density at radius 1 is 1.05 bits per heavy atom. The van der Waals surface area contributed by atoms with Crippen molar-refractivity contribution in [1.29, 1.82) is 0 Å². The number of carbonyl (C=O) groups is 2. The number of nitrogens with one attached hydrogen (secondary N) is 1. The van der Waals surface area contributed by atoms with E-state index in [9.17, 15) is 27.9 Å². The molecule has 2 aromatic carbocycles. The van der Waals surface area contributed by atoms with Gasteiger partial charge in [-0.15, -0.1) is 0 Å². The third-order valence-electron chi connectivity index (χ3n) is 7.26. The predicted molar refractivity (Wildman–Crippen MR) is 147 cm³/mol. The van der Waals surface area contributed by atoms with Crippen LogP contribution in [-0.2, 0) is 32.2 Å². The molecule has 0 saturated carbocycles. The van der Waals surface area contributed by atoms with Crippen LogP contribution >= 0.6 is 23.2 Å². The minimum absolute atomic E-state index is 0.0830. The first-order valence-corrected chi connectivity index (χ1v) is 13.9. The maximum atomic E-state index is 13.0. The van der Waals surface area contributed by atoms with Crippen molar-refractivity contribution in [3.05, 3.63) is 81.9 Å². The number of amides is 2. The van der Waals surface area contributed by atoms with Crippen LogP contribution in [0.5, 0.6) is 0 Å². The largest absolute Gasteiger partial charge is 0.471 e. The number of hydrogen-bond acceptors (Lipinski definition) is 6. The van der Waals surface area contributed by atoms with E-state index in [2.05, 4.69) is 10.3 Å². The SMILES string of the molecule is O=C(Nc1ccc([C@H]2O[C@@H](Cn3cnc(Cl)c3Cl)C[C@@H](c3ccc(CO)cc3)O2)cc1)[C@@H]1CCCN1C(=O)C(F)(F)F. The molecule has 0 radical (unpaired) electrons. The molecule has 2 aliphatic rings. The van der Waals surface area contributed by atoms with Crippen molar-refractivity contribution < 1.29 is 37.3 Å². The Morgan fingerprint density at radius 3 is 2.36 bits per heavy atom. The molecule has 0 bridgehead atoms. The summed E-state index contributed by atoms with van der Waals surface area (Å²) in [7, 11) is 0. The maximum absolute atomic E-state index is 13.0. The first kappa shape index (κ1) is 30.3. The number of alkyl halides is 3.